The van der Waals surface area contributed by atoms with E-state index in [0.717, 1.165) is 37.9 Å². The zero-order chi connectivity index (χ0) is 24.7. The molecule has 184 valence electrons. The Hall–Kier alpha value is -2.46. The van der Waals surface area contributed by atoms with Gasteiger partial charge < -0.3 is 9.84 Å². The predicted octanol–water partition coefficient (Wildman–Crippen LogP) is 6.60. The summed E-state index contributed by atoms with van der Waals surface area (Å²) in [4.78, 5) is 2.49. The number of rotatable bonds is 6. The van der Waals surface area contributed by atoms with Crippen molar-refractivity contribution in [2.45, 2.75) is 75.7 Å². The Balaban J connectivity index is 1.25. The molecule has 0 aromatic heterocycles. The molecule has 3 aromatic carbocycles. The Morgan fingerprint density at radius 3 is 1.83 bits per heavy atom. The van der Waals surface area contributed by atoms with Crippen molar-refractivity contribution in [3.63, 3.8) is 0 Å². The lowest BCUT2D eigenvalue weighted by Gasteiger charge is -2.39. The molecule has 1 saturated heterocycles. The van der Waals surface area contributed by atoms with Gasteiger partial charge in [-0.3, -0.25) is 4.90 Å². The topological polar surface area (TPSA) is 32.7 Å². The van der Waals surface area contributed by atoms with Crippen LogP contribution in [0.5, 0.6) is 0 Å². The third kappa shape index (κ3) is 4.70. The van der Waals surface area contributed by atoms with Gasteiger partial charge in [0, 0.05) is 19.5 Å². The van der Waals surface area contributed by atoms with Crippen LogP contribution in [0.2, 0.25) is 0 Å². The number of piperidine rings is 1. The van der Waals surface area contributed by atoms with Crippen molar-refractivity contribution in [1.29, 1.82) is 0 Å². The molecule has 0 bridgehead atoms. The Morgan fingerprint density at radius 1 is 0.829 bits per heavy atom. The Morgan fingerprint density at radius 2 is 1.34 bits per heavy atom. The van der Waals surface area contributed by atoms with Crippen molar-refractivity contribution in [2.24, 2.45) is 0 Å². The number of likely N-dealkylation sites (tertiary alicyclic amines) is 1. The molecule has 1 heterocycles. The van der Waals surface area contributed by atoms with Gasteiger partial charge in [0.25, 0.3) is 0 Å². The maximum absolute atomic E-state index is 11.6. The lowest BCUT2D eigenvalue weighted by Crippen LogP contribution is -2.47. The first-order chi connectivity index (χ1) is 16.7. The molecule has 3 nitrogen and oxygen atoms in total. The molecule has 2 aliphatic rings. The zero-order valence-electron chi connectivity index (χ0n) is 21.6. The van der Waals surface area contributed by atoms with Gasteiger partial charge in [0.2, 0.25) is 0 Å². The summed E-state index contributed by atoms with van der Waals surface area (Å²) in [6.07, 6.45) is 2.90. The number of hydrogen-bond donors (Lipinski definition) is 1. The molecule has 0 spiro atoms. The molecule has 1 N–H and O–H groups in total. The summed E-state index contributed by atoms with van der Waals surface area (Å²) in [6, 6.07) is 29.7. The maximum atomic E-state index is 11.6. The zero-order valence-corrected chi connectivity index (χ0v) is 21.6. The predicted molar refractivity (Wildman–Crippen MR) is 142 cm³/mol. The van der Waals surface area contributed by atoms with Crippen LogP contribution in [0, 0.1) is 0 Å². The highest BCUT2D eigenvalue weighted by atomic mass is 16.5. The van der Waals surface area contributed by atoms with E-state index in [-0.39, 0.29) is 23.2 Å². The summed E-state index contributed by atoms with van der Waals surface area (Å²) in [5, 5.41) is 11.6. The van der Waals surface area contributed by atoms with Crippen LogP contribution in [0.3, 0.4) is 0 Å². The van der Waals surface area contributed by atoms with E-state index in [1.54, 1.807) is 0 Å². The molecule has 2 atom stereocenters. The van der Waals surface area contributed by atoms with Crippen LogP contribution >= 0.6 is 0 Å². The van der Waals surface area contributed by atoms with Gasteiger partial charge in [-0.25, -0.2) is 0 Å². The molecule has 2 fully saturated rings. The summed E-state index contributed by atoms with van der Waals surface area (Å²) in [6.45, 7) is 10.8. The van der Waals surface area contributed by atoms with Crippen molar-refractivity contribution in [3.05, 3.63) is 107 Å². The second-order valence-electron chi connectivity index (χ2n) is 11.7. The maximum Gasteiger partial charge on any atom is 0.110 e. The van der Waals surface area contributed by atoms with Gasteiger partial charge in [0.1, 0.15) is 11.7 Å². The minimum atomic E-state index is -0.770. The fourth-order valence-corrected chi connectivity index (χ4v) is 5.77. The van der Waals surface area contributed by atoms with Crippen molar-refractivity contribution >= 4 is 0 Å². The number of ether oxygens (including phenoxy) is 1. The number of hydrogen-bond acceptors (Lipinski definition) is 3. The van der Waals surface area contributed by atoms with Gasteiger partial charge in [-0.15, -0.1) is 0 Å². The minimum Gasteiger partial charge on any atom is -0.383 e. The van der Waals surface area contributed by atoms with Crippen molar-refractivity contribution in [1.82, 2.24) is 4.90 Å². The van der Waals surface area contributed by atoms with E-state index in [4.69, 9.17) is 4.74 Å². The molecular weight excluding hydrogens is 430 g/mol. The van der Waals surface area contributed by atoms with E-state index in [1.165, 1.54) is 16.7 Å². The monoisotopic (exact) mass is 469 g/mol. The second-order valence-corrected chi connectivity index (χ2v) is 11.7. The Labute approximate surface area is 210 Å². The highest BCUT2D eigenvalue weighted by Crippen LogP contribution is 2.59. The van der Waals surface area contributed by atoms with Crippen LogP contribution in [0.1, 0.15) is 75.3 Å². The SMILES string of the molecule is CC(C)(C)c1ccc(C2(O)CC2(C)N2CCC(OC(c3ccccc3)c3ccccc3)CC2)cc1. The van der Waals surface area contributed by atoms with E-state index in [9.17, 15) is 5.11 Å². The van der Waals surface area contributed by atoms with Crippen LogP contribution < -0.4 is 0 Å². The van der Waals surface area contributed by atoms with Gasteiger partial charge in [0.05, 0.1) is 11.6 Å². The van der Waals surface area contributed by atoms with Crippen LogP contribution in [0.15, 0.2) is 84.9 Å². The molecule has 0 amide bonds. The van der Waals surface area contributed by atoms with Gasteiger partial charge in [-0.2, -0.15) is 0 Å². The molecule has 1 aliphatic heterocycles. The second kappa shape index (κ2) is 9.20. The summed E-state index contributed by atoms with van der Waals surface area (Å²) < 4.78 is 6.74. The summed E-state index contributed by atoms with van der Waals surface area (Å²) in [5.74, 6) is 0. The molecule has 3 heteroatoms. The van der Waals surface area contributed by atoms with Crippen LogP contribution in [0.25, 0.3) is 0 Å². The van der Waals surface area contributed by atoms with Crippen molar-refractivity contribution in [2.75, 3.05) is 13.1 Å². The molecule has 0 radical (unpaired) electrons. The van der Waals surface area contributed by atoms with E-state index >= 15 is 0 Å². The Bertz CT molecular complexity index is 1070. The summed E-state index contributed by atoms with van der Waals surface area (Å²) in [7, 11) is 0. The summed E-state index contributed by atoms with van der Waals surface area (Å²) >= 11 is 0. The molecule has 5 rings (SSSR count). The lowest BCUT2D eigenvalue weighted by atomic mass is 9.86. The standard InChI is InChI=1S/C32H39NO2/c1-30(2,3)26-15-17-27(18-16-26)32(34)23-31(32,4)33-21-19-28(20-22-33)35-29(24-11-7-5-8-12-24)25-13-9-6-10-14-25/h5-18,28-29,34H,19-23H2,1-4H3. The smallest absolute Gasteiger partial charge is 0.110 e. The number of nitrogens with zero attached hydrogens (tertiary/aromatic N) is 1. The average Bonchev–Trinajstić information content (AvgIpc) is 3.46. The van der Waals surface area contributed by atoms with Gasteiger partial charge in [-0.05, 0) is 47.4 Å². The minimum absolute atomic E-state index is 0.0521. The average molecular weight is 470 g/mol. The molecule has 35 heavy (non-hydrogen) atoms. The van der Waals surface area contributed by atoms with Gasteiger partial charge >= 0.3 is 0 Å². The molecule has 1 aliphatic carbocycles. The first-order valence-corrected chi connectivity index (χ1v) is 13.0. The first kappa shape index (κ1) is 24.2. The summed E-state index contributed by atoms with van der Waals surface area (Å²) in [5.41, 5.74) is 3.88. The molecular formula is C32H39NO2. The molecule has 1 saturated carbocycles. The third-order valence-corrected chi connectivity index (χ3v) is 8.27. The number of benzene rings is 3. The van der Waals surface area contributed by atoms with Gasteiger partial charge in [0.15, 0.2) is 0 Å². The molecule has 2 unspecified atom stereocenters. The Kier molecular flexibility index (Phi) is 6.37. The highest BCUT2D eigenvalue weighted by molar-refractivity contribution is 5.40. The van der Waals surface area contributed by atoms with E-state index in [2.05, 4.69) is 118 Å². The fourth-order valence-electron chi connectivity index (χ4n) is 5.77. The largest absolute Gasteiger partial charge is 0.383 e. The first-order valence-electron chi connectivity index (χ1n) is 13.0. The van der Waals surface area contributed by atoms with Crippen molar-refractivity contribution in [3.8, 4) is 0 Å². The van der Waals surface area contributed by atoms with E-state index in [0.29, 0.717) is 0 Å². The van der Waals surface area contributed by atoms with Crippen LogP contribution in [0.4, 0.5) is 0 Å². The van der Waals surface area contributed by atoms with Crippen LogP contribution in [-0.4, -0.2) is 34.7 Å². The van der Waals surface area contributed by atoms with Gasteiger partial charge in [-0.1, -0.05) is 106 Å². The third-order valence-electron chi connectivity index (χ3n) is 8.27. The number of aliphatic hydroxyl groups is 1. The lowest BCUT2D eigenvalue weighted by molar-refractivity contribution is -0.0448. The molecule has 3 aromatic rings. The fraction of sp³-hybridized carbons (Fsp3) is 0.438. The quantitative estimate of drug-likeness (QED) is 0.441. The van der Waals surface area contributed by atoms with Crippen molar-refractivity contribution < 1.29 is 9.84 Å². The van der Waals surface area contributed by atoms with E-state index in [1.807, 2.05) is 0 Å². The van der Waals surface area contributed by atoms with E-state index < -0.39 is 5.60 Å². The van der Waals surface area contributed by atoms with Crippen LogP contribution in [-0.2, 0) is 15.8 Å². The highest BCUT2D eigenvalue weighted by Gasteiger charge is 2.67. The normalized spacial score (nSPS) is 25.7.